The summed E-state index contributed by atoms with van der Waals surface area (Å²) in [6.07, 6.45) is 0.312. The number of aryl methyl sites for hydroxylation is 3. The number of carbonyl (C=O) groups is 1. The van der Waals surface area contributed by atoms with E-state index in [-0.39, 0.29) is 11.4 Å². The molecule has 1 aliphatic rings. The van der Waals surface area contributed by atoms with Crippen LogP contribution in [0.1, 0.15) is 27.8 Å². The van der Waals surface area contributed by atoms with Crippen molar-refractivity contribution in [2.75, 3.05) is 7.11 Å². The minimum atomic E-state index is -3.85. The Morgan fingerprint density at radius 3 is 2.23 bits per heavy atom. The van der Waals surface area contributed by atoms with Gasteiger partial charge in [0, 0.05) is 13.0 Å². The summed E-state index contributed by atoms with van der Waals surface area (Å²) in [5.74, 6) is -0.537. The van der Waals surface area contributed by atoms with Gasteiger partial charge in [-0.1, -0.05) is 42.0 Å². The highest BCUT2D eigenvalue weighted by Gasteiger charge is 2.41. The number of fused-ring (bicyclic) bond motifs is 1. The van der Waals surface area contributed by atoms with Crippen LogP contribution in [-0.4, -0.2) is 31.8 Å². The molecule has 1 aliphatic heterocycles. The van der Waals surface area contributed by atoms with Gasteiger partial charge in [0.15, 0.2) is 0 Å². The third-order valence-electron chi connectivity index (χ3n) is 4.85. The Morgan fingerprint density at radius 1 is 1.08 bits per heavy atom. The highest BCUT2D eigenvalue weighted by molar-refractivity contribution is 7.89. The van der Waals surface area contributed by atoms with E-state index in [9.17, 15) is 13.2 Å². The molecule has 5 nitrogen and oxygen atoms in total. The monoisotopic (exact) mass is 373 g/mol. The van der Waals surface area contributed by atoms with Crippen LogP contribution in [0.3, 0.4) is 0 Å². The Morgan fingerprint density at radius 2 is 1.65 bits per heavy atom. The summed E-state index contributed by atoms with van der Waals surface area (Å²) in [5.41, 5.74) is 4.27. The van der Waals surface area contributed by atoms with E-state index in [2.05, 4.69) is 0 Å². The van der Waals surface area contributed by atoms with E-state index in [0.717, 1.165) is 16.7 Å². The lowest BCUT2D eigenvalue weighted by Gasteiger charge is -2.34. The molecule has 2 aromatic carbocycles. The van der Waals surface area contributed by atoms with Gasteiger partial charge in [0.2, 0.25) is 10.0 Å². The van der Waals surface area contributed by atoms with Crippen LogP contribution in [0, 0.1) is 20.8 Å². The molecule has 0 amide bonds. The Bertz CT molecular complexity index is 943. The molecule has 0 unspecified atom stereocenters. The Kier molecular flexibility index (Phi) is 4.90. The number of benzene rings is 2. The minimum Gasteiger partial charge on any atom is -0.468 e. The Hall–Kier alpha value is -2.18. The fraction of sp³-hybridized carbons (Fsp3) is 0.350. The first kappa shape index (κ1) is 18.6. The smallest absolute Gasteiger partial charge is 0.324 e. The van der Waals surface area contributed by atoms with Crippen LogP contribution in [0.2, 0.25) is 0 Å². The number of carbonyl (C=O) groups excluding carboxylic acids is 1. The van der Waals surface area contributed by atoms with Gasteiger partial charge in [0.1, 0.15) is 6.04 Å². The molecule has 0 N–H and O–H groups in total. The highest BCUT2D eigenvalue weighted by atomic mass is 32.2. The van der Waals surface area contributed by atoms with E-state index >= 15 is 0 Å². The van der Waals surface area contributed by atoms with Crippen LogP contribution in [0.4, 0.5) is 0 Å². The molecule has 0 fully saturated rings. The van der Waals surface area contributed by atoms with Crippen molar-refractivity contribution < 1.29 is 17.9 Å². The lowest BCUT2D eigenvalue weighted by Crippen LogP contribution is -2.49. The average molecular weight is 373 g/mol. The number of ether oxygens (including phenoxy) is 1. The second kappa shape index (κ2) is 6.85. The van der Waals surface area contributed by atoms with E-state index in [0.29, 0.717) is 17.5 Å². The molecule has 138 valence electrons. The van der Waals surface area contributed by atoms with Crippen LogP contribution >= 0.6 is 0 Å². The first-order chi connectivity index (χ1) is 12.3. The summed E-state index contributed by atoms with van der Waals surface area (Å²) in [6.45, 7) is 5.67. The summed E-state index contributed by atoms with van der Waals surface area (Å²) in [6, 6.07) is 10.4. The van der Waals surface area contributed by atoms with E-state index in [1.165, 1.54) is 11.4 Å². The Labute approximate surface area is 154 Å². The molecule has 0 radical (unpaired) electrons. The molecule has 0 saturated heterocycles. The predicted molar refractivity (Wildman–Crippen MR) is 99.3 cm³/mol. The maximum absolute atomic E-state index is 13.5. The zero-order valence-electron chi connectivity index (χ0n) is 15.4. The lowest BCUT2D eigenvalue weighted by atomic mass is 9.96. The quantitative estimate of drug-likeness (QED) is 0.776. The van der Waals surface area contributed by atoms with Gasteiger partial charge in [-0.15, -0.1) is 0 Å². The summed E-state index contributed by atoms with van der Waals surface area (Å²) in [5, 5.41) is 0. The van der Waals surface area contributed by atoms with Gasteiger partial charge >= 0.3 is 5.97 Å². The van der Waals surface area contributed by atoms with Crippen LogP contribution < -0.4 is 0 Å². The number of hydrogen-bond donors (Lipinski definition) is 0. The summed E-state index contributed by atoms with van der Waals surface area (Å²) in [4.78, 5) is 12.6. The third kappa shape index (κ3) is 3.15. The van der Waals surface area contributed by atoms with Crippen molar-refractivity contribution in [2.24, 2.45) is 0 Å². The second-order valence-corrected chi connectivity index (χ2v) is 8.62. The molecule has 26 heavy (non-hydrogen) atoms. The van der Waals surface area contributed by atoms with E-state index in [1.807, 2.05) is 43.3 Å². The molecule has 3 rings (SSSR count). The van der Waals surface area contributed by atoms with E-state index in [1.54, 1.807) is 13.8 Å². The first-order valence-corrected chi connectivity index (χ1v) is 9.94. The standard InChI is InChI=1S/C20H23NO4S/c1-13-9-14(2)19(15(3)10-13)26(23,24)21-12-17-8-6-5-7-16(17)11-18(21)20(22)25-4/h5-10,18H,11-12H2,1-4H3/t18-/m0/s1. The molecule has 1 heterocycles. The fourth-order valence-electron chi connectivity index (χ4n) is 3.78. The molecular weight excluding hydrogens is 350 g/mol. The molecule has 0 aliphatic carbocycles. The maximum Gasteiger partial charge on any atom is 0.324 e. The van der Waals surface area contributed by atoms with Gasteiger partial charge in [-0.2, -0.15) is 4.31 Å². The molecule has 6 heteroatoms. The van der Waals surface area contributed by atoms with Gasteiger partial charge in [0.25, 0.3) is 0 Å². The minimum absolute atomic E-state index is 0.158. The van der Waals surface area contributed by atoms with E-state index in [4.69, 9.17) is 4.74 Å². The lowest BCUT2D eigenvalue weighted by molar-refractivity contribution is -0.145. The van der Waals surface area contributed by atoms with Crippen molar-refractivity contribution in [2.45, 2.75) is 44.7 Å². The zero-order valence-corrected chi connectivity index (χ0v) is 16.3. The molecule has 1 atom stereocenters. The van der Waals surface area contributed by atoms with Crippen molar-refractivity contribution in [3.63, 3.8) is 0 Å². The number of rotatable bonds is 3. The van der Waals surface area contributed by atoms with Crippen molar-refractivity contribution in [3.05, 3.63) is 64.2 Å². The molecule has 0 saturated carbocycles. The summed E-state index contributed by atoms with van der Waals surface area (Å²) >= 11 is 0. The second-order valence-electron chi connectivity index (χ2n) is 6.79. The van der Waals surface area contributed by atoms with Crippen LogP contribution in [0.25, 0.3) is 0 Å². The van der Waals surface area contributed by atoms with Gasteiger partial charge in [0.05, 0.1) is 12.0 Å². The zero-order chi connectivity index (χ0) is 19.1. The third-order valence-corrected chi connectivity index (χ3v) is 7.01. The van der Waals surface area contributed by atoms with Crippen molar-refractivity contribution >= 4 is 16.0 Å². The van der Waals surface area contributed by atoms with Gasteiger partial charge in [-0.3, -0.25) is 4.79 Å². The number of sulfonamides is 1. The molecule has 0 spiro atoms. The van der Waals surface area contributed by atoms with Crippen LogP contribution in [0.15, 0.2) is 41.3 Å². The summed E-state index contributed by atoms with van der Waals surface area (Å²) in [7, 11) is -2.57. The van der Waals surface area contributed by atoms with Gasteiger partial charge < -0.3 is 4.74 Å². The van der Waals surface area contributed by atoms with Gasteiger partial charge in [-0.05, 0) is 43.0 Å². The normalized spacial score (nSPS) is 17.6. The van der Waals surface area contributed by atoms with E-state index < -0.39 is 22.0 Å². The highest BCUT2D eigenvalue weighted by Crippen LogP contribution is 2.32. The first-order valence-electron chi connectivity index (χ1n) is 8.50. The number of hydrogen-bond acceptors (Lipinski definition) is 4. The van der Waals surface area contributed by atoms with Crippen LogP contribution in [-0.2, 0) is 32.5 Å². The van der Waals surface area contributed by atoms with Crippen molar-refractivity contribution in [3.8, 4) is 0 Å². The average Bonchev–Trinajstić information content (AvgIpc) is 2.58. The molecule has 2 aromatic rings. The molecule has 0 bridgehead atoms. The van der Waals surface area contributed by atoms with Crippen molar-refractivity contribution in [1.82, 2.24) is 4.31 Å². The Balaban J connectivity index is 2.14. The van der Waals surface area contributed by atoms with Crippen LogP contribution in [0.5, 0.6) is 0 Å². The topological polar surface area (TPSA) is 63.7 Å². The fourth-order valence-corrected chi connectivity index (χ4v) is 5.75. The van der Waals surface area contributed by atoms with Crippen molar-refractivity contribution in [1.29, 1.82) is 0 Å². The maximum atomic E-state index is 13.5. The SMILES string of the molecule is COC(=O)[C@@H]1Cc2ccccc2CN1S(=O)(=O)c1c(C)cc(C)cc1C. The number of methoxy groups -OCH3 is 1. The number of nitrogens with zero attached hydrogens (tertiary/aromatic N) is 1. The van der Waals surface area contributed by atoms with Gasteiger partial charge in [-0.25, -0.2) is 8.42 Å². The molecule has 0 aromatic heterocycles. The largest absolute Gasteiger partial charge is 0.468 e. The number of esters is 1. The predicted octanol–water partition coefficient (Wildman–Crippen LogP) is 2.90. The molecular formula is C20H23NO4S. The summed E-state index contributed by atoms with van der Waals surface area (Å²) < 4.78 is 33.2.